The molecular weight excluding hydrogens is 180 g/mol. The van der Waals surface area contributed by atoms with Gasteiger partial charge < -0.3 is 0 Å². The molecule has 1 rings (SSSR count). The van der Waals surface area contributed by atoms with Gasteiger partial charge >= 0.3 is 0 Å². The molecule has 0 aliphatic rings. The Morgan fingerprint density at radius 3 is 2.27 bits per heavy atom. The summed E-state index contributed by atoms with van der Waals surface area (Å²) in [6.45, 7) is 11.1. The second-order valence-electron chi connectivity index (χ2n) is 5.37. The van der Waals surface area contributed by atoms with Gasteiger partial charge in [-0.3, -0.25) is 0 Å². The molecule has 0 aliphatic heterocycles. The third-order valence-corrected chi connectivity index (χ3v) is 2.56. The molecule has 0 bridgehead atoms. The standard InChI is InChI=1S/C15H22/c1-12-8-6-7-9-14(12)13(2)10-11-15(3,4)5/h6-11,13H,1-5H3/b11-10+. The maximum atomic E-state index is 2.31. The minimum atomic E-state index is 0.275. The van der Waals surface area contributed by atoms with Gasteiger partial charge in [0.15, 0.2) is 0 Å². The van der Waals surface area contributed by atoms with Gasteiger partial charge in [0, 0.05) is 0 Å². The predicted octanol–water partition coefficient (Wildman–Crippen LogP) is 4.70. The van der Waals surface area contributed by atoms with E-state index in [1.165, 1.54) is 11.1 Å². The van der Waals surface area contributed by atoms with Gasteiger partial charge in [-0.15, -0.1) is 0 Å². The Morgan fingerprint density at radius 1 is 1.13 bits per heavy atom. The van der Waals surface area contributed by atoms with Crippen molar-refractivity contribution < 1.29 is 0 Å². The highest BCUT2D eigenvalue weighted by Crippen LogP contribution is 2.23. The summed E-state index contributed by atoms with van der Waals surface area (Å²) in [5.74, 6) is 0.505. The van der Waals surface area contributed by atoms with E-state index in [9.17, 15) is 0 Å². The fraction of sp³-hybridized carbons (Fsp3) is 0.467. The third kappa shape index (κ3) is 3.91. The molecule has 1 atom stereocenters. The van der Waals surface area contributed by atoms with E-state index >= 15 is 0 Å². The molecule has 0 aliphatic carbocycles. The zero-order valence-corrected chi connectivity index (χ0v) is 10.5. The monoisotopic (exact) mass is 202 g/mol. The molecule has 1 unspecified atom stereocenters. The number of hydrogen-bond donors (Lipinski definition) is 0. The molecule has 1 aromatic carbocycles. The zero-order valence-electron chi connectivity index (χ0n) is 10.5. The highest BCUT2D eigenvalue weighted by molar-refractivity contribution is 5.31. The van der Waals surface area contributed by atoms with E-state index < -0.39 is 0 Å². The van der Waals surface area contributed by atoms with Gasteiger partial charge in [0.05, 0.1) is 0 Å². The molecular formula is C15H22. The summed E-state index contributed by atoms with van der Waals surface area (Å²) in [7, 11) is 0. The SMILES string of the molecule is Cc1ccccc1C(C)/C=C/C(C)(C)C. The van der Waals surface area contributed by atoms with Crippen LogP contribution in [0, 0.1) is 12.3 Å². The molecule has 82 valence electrons. The van der Waals surface area contributed by atoms with Crippen molar-refractivity contribution in [2.75, 3.05) is 0 Å². The van der Waals surface area contributed by atoms with Gasteiger partial charge in [-0.05, 0) is 29.4 Å². The highest BCUT2D eigenvalue weighted by Gasteiger charge is 2.07. The van der Waals surface area contributed by atoms with Gasteiger partial charge in [0.2, 0.25) is 0 Å². The summed E-state index contributed by atoms with van der Waals surface area (Å²) in [4.78, 5) is 0. The van der Waals surface area contributed by atoms with Gasteiger partial charge in [-0.1, -0.05) is 64.1 Å². The van der Waals surface area contributed by atoms with Crippen LogP contribution in [0.4, 0.5) is 0 Å². The summed E-state index contributed by atoms with van der Waals surface area (Å²) in [5, 5.41) is 0. The first-order valence-corrected chi connectivity index (χ1v) is 5.65. The van der Waals surface area contributed by atoms with Crippen LogP contribution in [0.1, 0.15) is 44.7 Å². The second-order valence-corrected chi connectivity index (χ2v) is 5.37. The van der Waals surface area contributed by atoms with Crippen molar-refractivity contribution >= 4 is 0 Å². The Kier molecular flexibility index (Phi) is 3.73. The van der Waals surface area contributed by atoms with Crippen molar-refractivity contribution in [2.24, 2.45) is 5.41 Å². The Bertz CT molecular complexity index is 339. The van der Waals surface area contributed by atoms with E-state index in [-0.39, 0.29) is 5.41 Å². The maximum Gasteiger partial charge on any atom is -0.000762 e. The number of rotatable bonds is 2. The average Bonchev–Trinajstić information content (AvgIpc) is 2.14. The molecule has 0 aromatic heterocycles. The van der Waals surface area contributed by atoms with Crippen LogP contribution in [-0.4, -0.2) is 0 Å². The summed E-state index contributed by atoms with van der Waals surface area (Å²) in [6.07, 6.45) is 4.60. The van der Waals surface area contributed by atoms with Crippen molar-refractivity contribution in [1.82, 2.24) is 0 Å². The molecule has 0 spiro atoms. The lowest BCUT2D eigenvalue weighted by Crippen LogP contribution is -2.00. The summed E-state index contributed by atoms with van der Waals surface area (Å²) in [5.41, 5.74) is 3.08. The van der Waals surface area contributed by atoms with Crippen molar-refractivity contribution in [1.29, 1.82) is 0 Å². The topological polar surface area (TPSA) is 0 Å². The van der Waals surface area contributed by atoms with Crippen LogP contribution in [0.2, 0.25) is 0 Å². The van der Waals surface area contributed by atoms with Crippen molar-refractivity contribution in [2.45, 2.75) is 40.5 Å². The molecule has 15 heavy (non-hydrogen) atoms. The normalized spacial score (nSPS) is 14.5. The summed E-state index contributed by atoms with van der Waals surface area (Å²) in [6, 6.07) is 8.60. The molecule has 0 heteroatoms. The van der Waals surface area contributed by atoms with Crippen molar-refractivity contribution in [3.63, 3.8) is 0 Å². The quantitative estimate of drug-likeness (QED) is 0.610. The first-order chi connectivity index (χ1) is 6.90. The van der Waals surface area contributed by atoms with E-state index in [1.54, 1.807) is 0 Å². The smallest absolute Gasteiger partial charge is 0.000762 e. The molecule has 0 nitrogen and oxygen atoms in total. The number of hydrogen-bond acceptors (Lipinski definition) is 0. The molecule has 0 saturated heterocycles. The number of aryl methyl sites for hydroxylation is 1. The van der Waals surface area contributed by atoms with Crippen LogP contribution in [0.5, 0.6) is 0 Å². The van der Waals surface area contributed by atoms with Crippen LogP contribution in [-0.2, 0) is 0 Å². The Hall–Kier alpha value is -1.04. The molecule has 0 heterocycles. The molecule has 0 radical (unpaired) electrons. The fourth-order valence-electron chi connectivity index (χ4n) is 1.63. The van der Waals surface area contributed by atoms with Gasteiger partial charge in [-0.25, -0.2) is 0 Å². The van der Waals surface area contributed by atoms with Crippen LogP contribution in [0.3, 0.4) is 0 Å². The van der Waals surface area contributed by atoms with Gasteiger partial charge in [0.25, 0.3) is 0 Å². The van der Waals surface area contributed by atoms with Crippen LogP contribution in [0.25, 0.3) is 0 Å². The lowest BCUT2D eigenvalue weighted by Gasteiger charge is -2.15. The van der Waals surface area contributed by atoms with E-state index in [0.29, 0.717) is 5.92 Å². The highest BCUT2D eigenvalue weighted by atomic mass is 14.1. The number of allylic oxidation sites excluding steroid dienone is 2. The Balaban J connectivity index is 2.82. The van der Waals surface area contributed by atoms with E-state index in [0.717, 1.165) is 0 Å². The minimum absolute atomic E-state index is 0.275. The maximum absolute atomic E-state index is 2.31. The van der Waals surface area contributed by atoms with Crippen LogP contribution in [0.15, 0.2) is 36.4 Å². The van der Waals surface area contributed by atoms with Crippen LogP contribution >= 0.6 is 0 Å². The largest absolute Gasteiger partial charge is 0.0825 e. The van der Waals surface area contributed by atoms with Gasteiger partial charge in [-0.2, -0.15) is 0 Å². The zero-order chi connectivity index (χ0) is 11.5. The van der Waals surface area contributed by atoms with Crippen LogP contribution < -0.4 is 0 Å². The predicted molar refractivity (Wildman–Crippen MR) is 68.2 cm³/mol. The fourth-order valence-corrected chi connectivity index (χ4v) is 1.63. The molecule has 1 aromatic rings. The summed E-state index contributed by atoms with van der Waals surface area (Å²) < 4.78 is 0. The van der Waals surface area contributed by atoms with Crippen molar-refractivity contribution in [3.05, 3.63) is 47.5 Å². The first kappa shape index (κ1) is 12.0. The average molecular weight is 202 g/mol. The lowest BCUT2D eigenvalue weighted by atomic mass is 9.91. The Labute approximate surface area is 94.0 Å². The number of benzene rings is 1. The lowest BCUT2D eigenvalue weighted by molar-refractivity contribution is 0.541. The molecule has 0 saturated carbocycles. The molecule has 0 amide bonds. The summed E-state index contributed by atoms with van der Waals surface area (Å²) >= 11 is 0. The van der Waals surface area contributed by atoms with Crippen molar-refractivity contribution in [3.8, 4) is 0 Å². The van der Waals surface area contributed by atoms with E-state index in [1.807, 2.05) is 0 Å². The van der Waals surface area contributed by atoms with Gasteiger partial charge in [0.1, 0.15) is 0 Å². The molecule has 0 fully saturated rings. The van der Waals surface area contributed by atoms with E-state index in [4.69, 9.17) is 0 Å². The minimum Gasteiger partial charge on any atom is -0.0825 e. The molecule has 0 N–H and O–H groups in total. The Morgan fingerprint density at radius 2 is 1.73 bits per heavy atom. The first-order valence-electron chi connectivity index (χ1n) is 5.65. The van der Waals surface area contributed by atoms with E-state index in [2.05, 4.69) is 71.0 Å². The second kappa shape index (κ2) is 4.65. The third-order valence-electron chi connectivity index (χ3n) is 2.56.